The maximum absolute atomic E-state index is 13.6. The third kappa shape index (κ3) is 3.24. The number of aryl methyl sites for hydroxylation is 2. The highest BCUT2D eigenvalue weighted by Gasteiger charge is 2.31. The highest BCUT2D eigenvalue weighted by atomic mass is 19.4. The highest BCUT2D eigenvalue weighted by molar-refractivity contribution is 5.40. The Labute approximate surface area is 120 Å². The van der Waals surface area contributed by atoms with Gasteiger partial charge in [-0.25, -0.2) is 4.39 Å². The summed E-state index contributed by atoms with van der Waals surface area (Å²) >= 11 is 0. The summed E-state index contributed by atoms with van der Waals surface area (Å²) in [6.07, 6.45) is -4.39. The van der Waals surface area contributed by atoms with Crippen LogP contribution in [0.5, 0.6) is 0 Å². The van der Waals surface area contributed by atoms with Gasteiger partial charge in [0.2, 0.25) is 0 Å². The van der Waals surface area contributed by atoms with Crippen molar-refractivity contribution in [1.29, 1.82) is 0 Å². The SMILES string of the molecule is Cc1ccc(C(N)c2ccc(C(F)(F)F)cc2C)cc1F. The van der Waals surface area contributed by atoms with E-state index in [9.17, 15) is 17.6 Å². The van der Waals surface area contributed by atoms with Gasteiger partial charge in [0.1, 0.15) is 5.82 Å². The number of rotatable bonds is 2. The highest BCUT2D eigenvalue weighted by Crippen LogP contribution is 2.32. The van der Waals surface area contributed by atoms with Gasteiger partial charge in [-0.15, -0.1) is 0 Å². The molecule has 1 unspecified atom stereocenters. The van der Waals surface area contributed by atoms with Crippen molar-refractivity contribution in [3.63, 3.8) is 0 Å². The van der Waals surface area contributed by atoms with Gasteiger partial charge >= 0.3 is 6.18 Å². The molecular formula is C16H15F4N. The van der Waals surface area contributed by atoms with Gasteiger partial charge in [-0.2, -0.15) is 13.2 Å². The maximum atomic E-state index is 13.6. The van der Waals surface area contributed by atoms with Crippen LogP contribution < -0.4 is 5.73 Å². The lowest BCUT2D eigenvalue weighted by atomic mass is 9.93. The summed E-state index contributed by atoms with van der Waals surface area (Å²) in [5, 5.41) is 0. The van der Waals surface area contributed by atoms with Gasteiger partial charge in [0.15, 0.2) is 0 Å². The number of halogens is 4. The molecule has 0 spiro atoms. The minimum atomic E-state index is -4.39. The van der Waals surface area contributed by atoms with E-state index in [1.165, 1.54) is 12.1 Å². The Morgan fingerprint density at radius 2 is 1.62 bits per heavy atom. The summed E-state index contributed by atoms with van der Waals surface area (Å²) in [7, 11) is 0. The normalized spacial score (nSPS) is 13.3. The van der Waals surface area contributed by atoms with Gasteiger partial charge in [-0.05, 0) is 54.3 Å². The Morgan fingerprint density at radius 3 is 2.14 bits per heavy atom. The molecule has 0 aromatic heterocycles. The van der Waals surface area contributed by atoms with Crippen molar-refractivity contribution in [3.05, 3.63) is 70.0 Å². The van der Waals surface area contributed by atoms with Gasteiger partial charge in [0.25, 0.3) is 0 Å². The molecule has 0 saturated heterocycles. The lowest BCUT2D eigenvalue weighted by Crippen LogP contribution is -2.15. The average molecular weight is 297 g/mol. The zero-order valence-electron chi connectivity index (χ0n) is 11.6. The molecular weight excluding hydrogens is 282 g/mol. The third-order valence-electron chi connectivity index (χ3n) is 3.49. The second-order valence-corrected chi connectivity index (χ2v) is 5.06. The first kappa shape index (κ1) is 15.5. The molecule has 0 aliphatic rings. The predicted octanol–water partition coefficient (Wildman–Crippen LogP) is 4.51. The fourth-order valence-electron chi connectivity index (χ4n) is 2.18. The topological polar surface area (TPSA) is 26.0 Å². The van der Waals surface area contributed by atoms with Crippen molar-refractivity contribution >= 4 is 0 Å². The van der Waals surface area contributed by atoms with Crippen molar-refractivity contribution in [2.75, 3.05) is 0 Å². The van der Waals surface area contributed by atoms with Crippen LogP contribution in [0.3, 0.4) is 0 Å². The summed E-state index contributed by atoms with van der Waals surface area (Å²) in [5.41, 5.74) is 7.33. The number of hydrogen-bond donors (Lipinski definition) is 1. The molecule has 0 bridgehead atoms. The second-order valence-electron chi connectivity index (χ2n) is 5.06. The van der Waals surface area contributed by atoms with E-state index in [0.717, 1.165) is 12.1 Å². The molecule has 2 aromatic rings. The summed E-state index contributed by atoms with van der Waals surface area (Å²) in [4.78, 5) is 0. The van der Waals surface area contributed by atoms with Crippen LogP contribution in [-0.4, -0.2) is 0 Å². The molecule has 0 radical (unpaired) electrons. The molecule has 0 amide bonds. The molecule has 0 heterocycles. The third-order valence-corrected chi connectivity index (χ3v) is 3.49. The molecule has 2 rings (SSSR count). The van der Waals surface area contributed by atoms with Crippen molar-refractivity contribution in [1.82, 2.24) is 0 Å². The maximum Gasteiger partial charge on any atom is 0.416 e. The monoisotopic (exact) mass is 297 g/mol. The first-order valence-corrected chi connectivity index (χ1v) is 6.39. The molecule has 0 saturated carbocycles. The van der Waals surface area contributed by atoms with Crippen LogP contribution in [0.4, 0.5) is 17.6 Å². The second kappa shape index (κ2) is 5.48. The first-order valence-electron chi connectivity index (χ1n) is 6.39. The summed E-state index contributed by atoms with van der Waals surface area (Å²) in [5.74, 6) is -0.382. The molecule has 21 heavy (non-hydrogen) atoms. The Kier molecular flexibility index (Phi) is 4.05. The van der Waals surface area contributed by atoms with Crippen LogP contribution in [0.1, 0.15) is 33.9 Å². The van der Waals surface area contributed by atoms with E-state index < -0.39 is 17.8 Å². The molecule has 1 atom stereocenters. The Bertz CT molecular complexity index is 662. The van der Waals surface area contributed by atoms with Gasteiger partial charge < -0.3 is 5.73 Å². The van der Waals surface area contributed by atoms with Crippen molar-refractivity contribution < 1.29 is 17.6 Å². The quantitative estimate of drug-likeness (QED) is 0.811. The zero-order valence-corrected chi connectivity index (χ0v) is 11.6. The summed E-state index contributed by atoms with van der Waals surface area (Å²) in [6, 6.07) is 7.33. The Balaban J connectivity index is 2.39. The van der Waals surface area contributed by atoms with Gasteiger partial charge in [0, 0.05) is 0 Å². The van der Waals surface area contributed by atoms with E-state index in [1.54, 1.807) is 26.0 Å². The van der Waals surface area contributed by atoms with E-state index in [4.69, 9.17) is 5.73 Å². The molecule has 2 aromatic carbocycles. The smallest absolute Gasteiger partial charge is 0.320 e. The van der Waals surface area contributed by atoms with E-state index >= 15 is 0 Å². The van der Waals surface area contributed by atoms with Crippen LogP contribution in [0.2, 0.25) is 0 Å². The fourth-order valence-corrected chi connectivity index (χ4v) is 2.18. The Morgan fingerprint density at radius 1 is 0.952 bits per heavy atom. The number of hydrogen-bond acceptors (Lipinski definition) is 1. The van der Waals surface area contributed by atoms with Crippen LogP contribution >= 0.6 is 0 Å². The molecule has 1 nitrogen and oxygen atoms in total. The average Bonchev–Trinajstić information content (AvgIpc) is 2.40. The minimum Gasteiger partial charge on any atom is -0.320 e. The van der Waals surface area contributed by atoms with E-state index in [0.29, 0.717) is 22.3 Å². The van der Waals surface area contributed by atoms with Crippen LogP contribution in [-0.2, 0) is 6.18 Å². The minimum absolute atomic E-state index is 0.382. The lowest BCUT2D eigenvalue weighted by molar-refractivity contribution is -0.137. The van der Waals surface area contributed by atoms with Crippen molar-refractivity contribution in [3.8, 4) is 0 Å². The predicted molar refractivity (Wildman–Crippen MR) is 73.3 cm³/mol. The van der Waals surface area contributed by atoms with E-state index in [1.807, 2.05) is 0 Å². The van der Waals surface area contributed by atoms with Crippen LogP contribution in [0.25, 0.3) is 0 Å². The van der Waals surface area contributed by atoms with E-state index in [-0.39, 0.29) is 5.82 Å². The molecule has 5 heteroatoms. The standard InChI is InChI=1S/C16H15F4N/c1-9-3-4-11(8-14(9)17)15(21)13-6-5-12(7-10(13)2)16(18,19)20/h3-8,15H,21H2,1-2H3. The van der Waals surface area contributed by atoms with Crippen LogP contribution in [0, 0.1) is 19.7 Å². The van der Waals surface area contributed by atoms with Gasteiger partial charge in [-0.1, -0.05) is 18.2 Å². The Hall–Kier alpha value is -1.88. The summed E-state index contributed by atoms with van der Waals surface area (Å²) < 4.78 is 51.5. The zero-order chi connectivity index (χ0) is 15.8. The molecule has 0 fully saturated rings. The van der Waals surface area contributed by atoms with Crippen molar-refractivity contribution in [2.24, 2.45) is 5.73 Å². The molecule has 2 N–H and O–H groups in total. The fraction of sp³-hybridized carbons (Fsp3) is 0.250. The number of nitrogens with two attached hydrogens (primary N) is 1. The molecule has 112 valence electrons. The van der Waals surface area contributed by atoms with E-state index in [2.05, 4.69) is 0 Å². The van der Waals surface area contributed by atoms with Gasteiger partial charge in [0.05, 0.1) is 11.6 Å². The van der Waals surface area contributed by atoms with Crippen molar-refractivity contribution in [2.45, 2.75) is 26.1 Å². The lowest BCUT2D eigenvalue weighted by Gasteiger charge is -2.17. The molecule has 0 aliphatic heterocycles. The van der Waals surface area contributed by atoms with Gasteiger partial charge in [-0.3, -0.25) is 0 Å². The first-order chi connectivity index (χ1) is 9.70. The largest absolute Gasteiger partial charge is 0.416 e. The van der Waals surface area contributed by atoms with Crippen LogP contribution in [0.15, 0.2) is 36.4 Å². The summed E-state index contributed by atoms with van der Waals surface area (Å²) in [6.45, 7) is 3.20. The molecule has 0 aliphatic carbocycles. The number of benzene rings is 2. The number of alkyl halides is 3.